The van der Waals surface area contributed by atoms with E-state index in [-0.39, 0.29) is 12.4 Å². The maximum atomic E-state index is 14.5. The molecule has 2 N–H and O–H groups in total. The molecule has 2 aromatic carbocycles. The van der Waals surface area contributed by atoms with Crippen LogP contribution < -0.4 is 10.5 Å². The fourth-order valence-corrected chi connectivity index (χ4v) is 3.29. The minimum Gasteiger partial charge on any atom is -0.482 e. The molecule has 0 amide bonds. The minimum atomic E-state index is -0.421. The molecule has 6 nitrogen and oxygen atoms in total. The Morgan fingerprint density at radius 3 is 2.70 bits per heavy atom. The van der Waals surface area contributed by atoms with E-state index in [1.54, 1.807) is 37.3 Å². The number of carbonyl (C=O) groups is 1. The van der Waals surface area contributed by atoms with Crippen LogP contribution in [0.3, 0.4) is 0 Å². The van der Waals surface area contributed by atoms with E-state index in [4.69, 9.17) is 20.2 Å². The quantitative estimate of drug-likeness (QED) is 0.534. The molecule has 0 saturated carbocycles. The van der Waals surface area contributed by atoms with Crippen LogP contribution in [-0.2, 0) is 16.1 Å². The molecule has 0 fully saturated rings. The van der Waals surface area contributed by atoms with Crippen LogP contribution >= 0.6 is 0 Å². The number of esters is 1. The zero-order valence-electron chi connectivity index (χ0n) is 17.2. The Morgan fingerprint density at radius 1 is 1.20 bits per heavy atom. The van der Waals surface area contributed by atoms with Gasteiger partial charge in [0, 0.05) is 29.9 Å². The third-order valence-corrected chi connectivity index (χ3v) is 4.65. The molecule has 1 aliphatic heterocycles. The number of hydrogen-bond acceptors (Lipinski definition) is 6. The second-order valence-corrected chi connectivity index (χ2v) is 7.06. The van der Waals surface area contributed by atoms with Crippen LogP contribution in [0.15, 0.2) is 64.8 Å². The summed E-state index contributed by atoms with van der Waals surface area (Å²) in [5.41, 5.74) is 9.62. The van der Waals surface area contributed by atoms with Gasteiger partial charge < -0.3 is 15.2 Å². The first-order valence-corrected chi connectivity index (χ1v) is 9.81. The fraction of sp³-hybridized carbons (Fsp3) is 0.304. The number of carbonyl (C=O) groups excluding carboxylic acids is 1. The summed E-state index contributed by atoms with van der Waals surface area (Å²) in [6.07, 6.45) is 0. The van der Waals surface area contributed by atoms with Gasteiger partial charge in [0.25, 0.3) is 0 Å². The maximum Gasteiger partial charge on any atom is 0.344 e. The molecular weight excluding hydrogens is 385 g/mol. The molecule has 1 aliphatic rings. The molecular formula is C23H26FN3O3. The van der Waals surface area contributed by atoms with Crippen LogP contribution in [0.4, 0.5) is 4.39 Å². The van der Waals surface area contributed by atoms with Crippen molar-refractivity contribution in [3.8, 4) is 5.75 Å². The molecule has 7 heteroatoms. The van der Waals surface area contributed by atoms with Crippen LogP contribution in [-0.4, -0.2) is 49.9 Å². The highest BCUT2D eigenvalue weighted by molar-refractivity contribution is 6.13. The Labute approximate surface area is 175 Å². The summed E-state index contributed by atoms with van der Waals surface area (Å²) in [7, 11) is 1.96. The number of benzene rings is 2. The molecule has 0 radical (unpaired) electrons. The second-order valence-electron chi connectivity index (χ2n) is 7.06. The van der Waals surface area contributed by atoms with Crippen LogP contribution in [0.1, 0.15) is 18.1 Å². The van der Waals surface area contributed by atoms with Gasteiger partial charge in [0.15, 0.2) is 6.61 Å². The number of nitrogens with zero attached hydrogens (tertiary/aromatic N) is 2. The summed E-state index contributed by atoms with van der Waals surface area (Å²) in [6, 6.07) is 13.9. The first kappa shape index (κ1) is 21.5. The van der Waals surface area contributed by atoms with E-state index in [1.165, 1.54) is 6.07 Å². The standard InChI is InChI=1S/C23H26FN3O3/c1-3-29-22(28)15-30-17-8-6-7-16(11-17)12-26-23(18-9-4-5-10-20(18)24)19-13-27(2)14-21(19)25/h4-11H,3,12-15,25H2,1-2H3. The van der Waals surface area contributed by atoms with Crippen molar-refractivity contribution in [2.45, 2.75) is 13.5 Å². The van der Waals surface area contributed by atoms with Crippen LogP contribution in [0.5, 0.6) is 5.75 Å². The third-order valence-electron chi connectivity index (χ3n) is 4.65. The van der Waals surface area contributed by atoms with Crippen molar-refractivity contribution < 1.29 is 18.7 Å². The zero-order chi connectivity index (χ0) is 21.5. The lowest BCUT2D eigenvalue weighted by molar-refractivity contribution is -0.145. The lowest BCUT2D eigenvalue weighted by Gasteiger charge is -2.12. The lowest BCUT2D eigenvalue weighted by Crippen LogP contribution is -2.18. The first-order valence-electron chi connectivity index (χ1n) is 9.81. The Kier molecular flexibility index (Phi) is 7.19. The number of rotatable bonds is 8. The largest absolute Gasteiger partial charge is 0.482 e. The van der Waals surface area contributed by atoms with Crippen LogP contribution in [0, 0.1) is 5.82 Å². The average molecular weight is 411 g/mol. The number of halogens is 1. The Bertz CT molecular complexity index is 972. The Hall–Kier alpha value is -3.19. The monoisotopic (exact) mass is 411 g/mol. The topological polar surface area (TPSA) is 77.1 Å². The van der Waals surface area contributed by atoms with Gasteiger partial charge in [0.05, 0.1) is 18.9 Å². The molecule has 30 heavy (non-hydrogen) atoms. The van der Waals surface area contributed by atoms with E-state index >= 15 is 0 Å². The van der Waals surface area contributed by atoms with Crippen molar-refractivity contribution in [1.29, 1.82) is 0 Å². The van der Waals surface area contributed by atoms with Crippen LogP contribution in [0.2, 0.25) is 0 Å². The van der Waals surface area contributed by atoms with E-state index < -0.39 is 5.97 Å². The Balaban J connectivity index is 1.83. The SMILES string of the molecule is CCOC(=O)COc1cccc(CN=C(C2=C(N)CN(C)C2)c2ccccc2F)c1. The van der Waals surface area contributed by atoms with E-state index in [0.717, 1.165) is 11.1 Å². The number of likely N-dealkylation sites (N-methyl/N-ethyl adjacent to an activating group) is 1. The van der Waals surface area contributed by atoms with E-state index in [9.17, 15) is 9.18 Å². The highest BCUT2D eigenvalue weighted by Gasteiger charge is 2.23. The van der Waals surface area contributed by atoms with Crippen LogP contribution in [0.25, 0.3) is 0 Å². The normalized spacial score (nSPS) is 14.8. The summed E-state index contributed by atoms with van der Waals surface area (Å²) in [5.74, 6) is -0.212. The number of nitrogens with two attached hydrogens (primary N) is 1. The molecule has 0 aromatic heterocycles. The average Bonchev–Trinajstić information content (AvgIpc) is 3.06. The molecule has 0 unspecified atom stereocenters. The molecule has 1 heterocycles. The number of hydrogen-bond donors (Lipinski definition) is 1. The Morgan fingerprint density at radius 2 is 2.00 bits per heavy atom. The summed E-state index contributed by atoms with van der Waals surface area (Å²) < 4.78 is 24.9. The van der Waals surface area contributed by atoms with Crippen molar-refractivity contribution in [2.75, 3.05) is 33.4 Å². The third kappa shape index (κ3) is 5.45. The molecule has 158 valence electrons. The second kappa shape index (κ2) is 10.0. The van der Waals surface area contributed by atoms with Gasteiger partial charge in [0.2, 0.25) is 0 Å². The molecule has 0 atom stereocenters. The molecule has 3 rings (SSSR count). The van der Waals surface area contributed by atoms with Gasteiger partial charge >= 0.3 is 5.97 Å². The van der Waals surface area contributed by atoms with Crippen molar-refractivity contribution in [2.24, 2.45) is 10.7 Å². The van der Waals surface area contributed by atoms with Gasteiger partial charge in [-0.15, -0.1) is 0 Å². The van der Waals surface area contributed by atoms with Gasteiger partial charge in [-0.2, -0.15) is 0 Å². The van der Waals surface area contributed by atoms with Gasteiger partial charge in [-0.25, -0.2) is 9.18 Å². The lowest BCUT2D eigenvalue weighted by atomic mass is 10.0. The summed E-state index contributed by atoms with van der Waals surface area (Å²) in [6.45, 7) is 3.46. The predicted molar refractivity (Wildman–Crippen MR) is 114 cm³/mol. The number of ether oxygens (including phenoxy) is 2. The predicted octanol–water partition coefficient (Wildman–Crippen LogP) is 2.92. The minimum absolute atomic E-state index is 0.156. The van der Waals surface area contributed by atoms with E-state index in [2.05, 4.69) is 4.90 Å². The highest BCUT2D eigenvalue weighted by atomic mass is 19.1. The highest BCUT2D eigenvalue weighted by Crippen LogP contribution is 2.22. The maximum absolute atomic E-state index is 14.5. The molecule has 0 saturated heterocycles. The van der Waals surface area contributed by atoms with Crippen molar-refractivity contribution in [1.82, 2.24) is 4.90 Å². The molecule has 0 spiro atoms. The van der Waals surface area contributed by atoms with E-state index in [0.29, 0.717) is 49.0 Å². The summed E-state index contributed by atoms with van der Waals surface area (Å²) >= 11 is 0. The molecule has 2 aromatic rings. The molecule has 0 bridgehead atoms. The van der Waals surface area contributed by atoms with Gasteiger partial charge in [-0.3, -0.25) is 9.89 Å². The zero-order valence-corrected chi connectivity index (χ0v) is 17.2. The number of aliphatic imine (C=N–C) groups is 1. The fourth-order valence-electron chi connectivity index (χ4n) is 3.29. The van der Waals surface area contributed by atoms with Gasteiger partial charge in [0.1, 0.15) is 11.6 Å². The summed E-state index contributed by atoms with van der Waals surface area (Å²) in [4.78, 5) is 18.3. The van der Waals surface area contributed by atoms with Crippen molar-refractivity contribution >= 4 is 11.7 Å². The van der Waals surface area contributed by atoms with E-state index in [1.807, 2.05) is 19.2 Å². The van der Waals surface area contributed by atoms with Gasteiger partial charge in [-0.05, 0) is 43.8 Å². The van der Waals surface area contributed by atoms with Gasteiger partial charge in [-0.1, -0.05) is 24.3 Å². The smallest absolute Gasteiger partial charge is 0.344 e. The van der Waals surface area contributed by atoms with Crippen molar-refractivity contribution in [3.63, 3.8) is 0 Å². The summed E-state index contributed by atoms with van der Waals surface area (Å²) in [5, 5.41) is 0. The molecule has 0 aliphatic carbocycles. The van der Waals surface area contributed by atoms with Crippen molar-refractivity contribution in [3.05, 3.63) is 76.7 Å². The first-order chi connectivity index (χ1) is 14.5.